The summed E-state index contributed by atoms with van der Waals surface area (Å²) in [6.45, 7) is 1.46. The molecular formula is C20H24N2O4S. The number of anilines is 1. The number of carbonyl (C=O) groups is 2. The normalized spacial score (nSPS) is 13.9. The van der Waals surface area contributed by atoms with Crippen molar-refractivity contribution in [3.05, 3.63) is 40.1 Å². The number of thiophene rings is 1. The highest BCUT2D eigenvalue weighted by Crippen LogP contribution is 2.34. The molecule has 1 aromatic carbocycles. The summed E-state index contributed by atoms with van der Waals surface area (Å²) in [5, 5.41) is 4.81. The fraction of sp³-hybridized carbons (Fsp3) is 0.400. The quantitative estimate of drug-likeness (QED) is 0.821. The summed E-state index contributed by atoms with van der Waals surface area (Å²) in [6.07, 6.45) is 3.40. The van der Waals surface area contributed by atoms with Gasteiger partial charge in [-0.3, -0.25) is 9.59 Å². The van der Waals surface area contributed by atoms with Crippen molar-refractivity contribution in [1.82, 2.24) is 4.90 Å². The Bertz CT molecular complexity index is 799. The van der Waals surface area contributed by atoms with E-state index in [1.807, 2.05) is 22.4 Å². The fourth-order valence-electron chi connectivity index (χ4n) is 3.19. The highest BCUT2D eigenvalue weighted by Gasteiger charge is 2.24. The monoisotopic (exact) mass is 388 g/mol. The van der Waals surface area contributed by atoms with Crippen molar-refractivity contribution in [3.8, 4) is 11.5 Å². The van der Waals surface area contributed by atoms with Crippen molar-refractivity contribution in [2.24, 2.45) is 0 Å². The Morgan fingerprint density at radius 2 is 1.81 bits per heavy atom. The SMILES string of the molecule is COc1cc(NC(=O)Cc2cccs2)c(C(=O)N2CCCCC2)cc1OC. The molecule has 27 heavy (non-hydrogen) atoms. The van der Waals surface area contributed by atoms with Crippen LogP contribution in [0.25, 0.3) is 0 Å². The summed E-state index contributed by atoms with van der Waals surface area (Å²) in [4.78, 5) is 28.4. The molecule has 2 heterocycles. The first-order valence-corrected chi connectivity index (χ1v) is 9.88. The van der Waals surface area contributed by atoms with Gasteiger partial charge in [0.2, 0.25) is 5.91 Å². The van der Waals surface area contributed by atoms with E-state index >= 15 is 0 Å². The molecule has 2 amide bonds. The molecule has 1 aliphatic heterocycles. The number of likely N-dealkylation sites (tertiary alicyclic amines) is 1. The van der Waals surface area contributed by atoms with Gasteiger partial charge in [-0.15, -0.1) is 11.3 Å². The Morgan fingerprint density at radius 3 is 2.44 bits per heavy atom. The molecule has 3 rings (SSSR count). The zero-order valence-electron chi connectivity index (χ0n) is 15.6. The van der Waals surface area contributed by atoms with E-state index in [9.17, 15) is 9.59 Å². The van der Waals surface area contributed by atoms with Crippen molar-refractivity contribution >= 4 is 28.8 Å². The van der Waals surface area contributed by atoms with Crippen LogP contribution in [0.1, 0.15) is 34.5 Å². The molecule has 0 unspecified atom stereocenters. The lowest BCUT2D eigenvalue weighted by atomic mass is 10.1. The topological polar surface area (TPSA) is 67.9 Å². The number of amides is 2. The third-order valence-electron chi connectivity index (χ3n) is 4.59. The van der Waals surface area contributed by atoms with Crippen LogP contribution >= 0.6 is 11.3 Å². The van der Waals surface area contributed by atoms with E-state index in [0.717, 1.165) is 37.2 Å². The Balaban J connectivity index is 1.89. The van der Waals surface area contributed by atoms with Crippen molar-refractivity contribution < 1.29 is 19.1 Å². The standard InChI is InChI=1S/C20H24N2O4S/c1-25-17-12-15(20(24)22-8-4-3-5-9-22)16(13-18(17)26-2)21-19(23)11-14-7-6-10-27-14/h6-7,10,12-13H,3-5,8-9,11H2,1-2H3,(H,21,23). The highest BCUT2D eigenvalue weighted by atomic mass is 32.1. The van der Waals surface area contributed by atoms with Gasteiger partial charge in [-0.2, -0.15) is 0 Å². The predicted octanol–water partition coefficient (Wildman–Crippen LogP) is 3.57. The minimum atomic E-state index is -0.169. The zero-order chi connectivity index (χ0) is 19.2. The van der Waals surface area contributed by atoms with Gasteiger partial charge in [0.25, 0.3) is 5.91 Å². The first kappa shape index (κ1) is 19.2. The minimum Gasteiger partial charge on any atom is -0.493 e. The minimum absolute atomic E-state index is 0.0953. The Labute approximate surface area is 163 Å². The predicted molar refractivity (Wildman–Crippen MR) is 106 cm³/mol. The summed E-state index contributed by atoms with van der Waals surface area (Å²) in [7, 11) is 3.06. The van der Waals surface area contributed by atoms with Crippen molar-refractivity contribution in [3.63, 3.8) is 0 Å². The smallest absolute Gasteiger partial charge is 0.256 e. The maximum Gasteiger partial charge on any atom is 0.256 e. The molecule has 0 radical (unpaired) electrons. The second-order valence-electron chi connectivity index (χ2n) is 6.41. The summed E-state index contributed by atoms with van der Waals surface area (Å²) < 4.78 is 10.7. The van der Waals surface area contributed by atoms with Crippen LogP contribution in [-0.2, 0) is 11.2 Å². The average Bonchev–Trinajstić information content (AvgIpc) is 3.20. The number of carbonyl (C=O) groups excluding carboxylic acids is 2. The lowest BCUT2D eigenvalue weighted by Gasteiger charge is -2.28. The van der Waals surface area contributed by atoms with Crippen LogP contribution in [0.5, 0.6) is 11.5 Å². The summed E-state index contributed by atoms with van der Waals surface area (Å²) >= 11 is 1.53. The van der Waals surface area contributed by atoms with Gasteiger partial charge in [0, 0.05) is 24.0 Å². The second-order valence-corrected chi connectivity index (χ2v) is 7.44. The van der Waals surface area contributed by atoms with Gasteiger partial charge in [0.1, 0.15) is 0 Å². The molecule has 1 saturated heterocycles. The molecule has 1 N–H and O–H groups in total. The van der Waals surface area contributed by atoms with Crippen molar-refractivity contribution in [2.75, 3.05) is 32.6 Å². The van der Waals surface area contributed by atoms with Gasteiger partial charge in [-0.05, 0) is 36.8 Å². The van der Waals surface area contributed by atoms with Crippen LogP contribution in [0, 0.1) is 0 Å². The van der Waals surface area contributed by atoms with Gasteiger partial charge in [0.05, 0.1) is 31.9 Å². The maximum absolute atomic E-state index is 13.1. The number of nitrogens with one attached hydrogen (secondary N) is 1. The van der Waals surface area contributed by atoms with Gasteiger partial charge in [-0.25, -0.2) is 0 Å². The summed E-state index contributed by atoms with van der Waals surface area (Å²) in [5.74, 6) is 0.674. The molecule has 0 spiro atoms. The molecular weight excluding hydrogens is 364 g/mol. The lowest BCUT2D eigenvalue weighted by Crippen LogP contribution is -2.36. The van der Waals surface area contributed by atoms with E-state index < -0.39 is 0 Å². The molecule has 1 aliphatic rings. The average molecular weight is 388 g/mol. The summed E-state index contributed by atoms with van der Waals surface area (Å²) in [5.41, 5.74) is 0.874. The number of piperidine rings is 1. The van der Waals surface area contributed by atoms with E-state index in [4.69, 9.17) is 9.47 Å². The fourth-order valence-corrected chi connectivity index (χ4v) is 3.90. The molecule has 1 fully saturated rings. The Morgan fingerprint density at radius 1 is 1.11 bits per heavy atom. The number of ether oxygens (including phenoxy) is 2. The third kappa shape index (κ3) is 4.60. The summed E-state index contributed by atoms with van der Waals surface area (Å²) in [6, 6.07) is 7.13. The lowest BCUT2D eigenvalue weighted by molar-refractivity contribution is -0.115. The van der Waals surface area contributed by atoms with Gasteiger partial charge in [0.15, 0.2) is 11.5 Å². The van der Waals surface area contributed by atoms with E-state index in [2.05, 4.69) is 5.32 Å². The van der Waals surface area contributed by atoms with Crippen LogP contribution < -0.4 is 14.8 Å². The van der Waals surface area contributed by atoms with Crippen LogP contribution in [0.2, 0.25) is 0 Å². The molecule has 0 saturated carbocycles. The number of rotatable bonds is 6. The molecule has 2 aromatic rings. The maximum atomic E-state index is 13.1. The van der Waals surface area contributed by atoms with E-state index in [0.29, 0.717) is 22.7 Å². The molecule has 6 nitrogen and oxygen atoms in total. The van der Waals surface area contributed by atoms with Crippen LogP contribution in [0.3, 0.4) is 0 Å². The van der Waals surface area contributed by atoms with E-state index in [1.165, 1.54) is 25.6 Å². The van der Waals surface area contributed by atoms with Crippen LogP contribution in [-0.4, -0.2) is 44.0 Å². The number of hydrogen-bond acceptors (Lipinski definition) is 5. The van der Waals surface area contributed by atoms with Crippen molar-refractivity contribution in [2.45, 2.75) is 25.7 Å². The molecule has 0 bridgehead atoms. The largest absolute Gasteiger partial charge is 0.493 e. The van der Waals surface area contributed by atoms with E-state index in [1.54, 1.807) is 12.1 Å². The number of benzene rings is 1. The van der Waals surface area contributed by atoms with Gasteiger partial charge in [-0.1, -0.05) is 6.07 Å². The first-order chi connectivity index (χ1) is 13.1. The highest BCUT2D eigenvalue weighted by molar-refractivity contribution is 7.10. The number of hydrogen-bond donors (Lipinski definition) is 1. The second kappa shape index (κ2) is 8.90. The third-order valence-corrected chi connectivity index (χ3v) is 5.46. The Kier molecular flexibility index (Phi) is 6.34. The molecule has 0 atom stereocenters. The molecule has 7 heteroatoms. The van der Waals surface area contributed by atoms with Gasteiger partial charge >= 0.3 is 0 Å². The number of nitrogens with zero attached hydrogens (tertiary/aromatic N) is 1. The molecule has 1 aromatic heterocycles. The molecule has 144 valence electrons. The first-order valence-electron chi connectivity index (χ1n) is 9.00. The van der Waals surface area contributed by atoms with Crippen LogP contribution in [0.4, 0.5) is 5.69 Å². The number of methoxy groups -OCH3 is 2. The van der Waals surface area contributed by atoms with E-state index in [-0.39, 0.29) is 18.2 Å². The van der Waals surface area contributed by atoms with Crippen molar-refractivity contribution in [1.29, 1.82) is 0 Å². The zero-order valence-corrected chi connectivity index (χ0v) is 16.4. The molecule has 0 aliphatic carbocycles. The Hall–Kier alpha value is -2.54. The van der Waals surface area contributed by atoms with Crippen LogP contribution in [0.15, 0.2) is 29.6 Å². The van der Waals surface area contributed by atoms with Gasteiger partial charge < -0.3 is 19.7 Å².